The molecule has 15 heavy (non-hydrogen) atoms. The predicted molar refractivity (Wildman–Crippen MR) is 56.4 cm³/mol. The Labute approximate surface area is 89.5 Å². The second-order valence-electron chi connectivity index (χ2n) is 3.56. The number of hydrogen-bond donors (Lipinski definition) is 2. The van der Waals surface area contributed by atoms with Crippen LogP contribution in [0.25, 0.3) is 0 Å². The van der Waals surface area contributed by atoms with E-state index < -0.39 is 0 Å². The van der Waals surface area contributed by atoms with Crippen molar-refractivity contribution in [2.45, 2.75) is 24.9 Å². The van der Waals surface area contributed by atoms with Gasteiger partial charge in [0.2, 0.25) is 0 Å². The first kappa shape index (κ1) is 12.4. The molecule has 1 aliphatic heterocycles. The Hall–Kier alpha value is -0.690. The molecule has 0 spiro atoms. The monoisotopic (exact) mass is 217 g/mol. The maximum Gasteiger partial charge on any atom is 0.0995 e. The largest absolute Gasteiger partial charge is 0.387 e. The van der Waals surface area contributed by atoms with E-state index in [2.05, 4.69) is 14.8 Å². The van der Waals surface area contributed by atoms with Crippen molar-refractivity contribution in [3.8, 4) is 0 Å². The zero-order chi connectivity index (χ0) is 11.1. The van der Waals surface area contributed by atoms with E-state index in [1.807, 2.05) is 0 Å². The lowest BCUT2D eigenvalue weighted by Gasteiger charge is -2.12. The molecule has 0 aromatic heterocycles. The Morgan fingerprint density at radius 3 is 2.93 bits per heavy atom. The van der Waals surface area contributed by atoms with Crippen LogP contribution in [0.3, 0.4) is 0 Å². The average Bonchev–Trinajstić information content (AvgIpc) is 2.61. The first-order valence-electron chi connectivity index (χ1n) is 5.03. The molecule has 4 N–H and O–H groups in total. The third kappa shape index (κ3) is 5.08. The SMILES string of the molecule is COOCC(N)COC[C@@H]1CCC(N)=N1. The smallest absolute Gasteiger partial charge is 0.0995 e. The van der Waals surface area contributed by atoms with Crippen molar-refractivity contribution in [1.82, 2.24) is 0 Å². The first-order chi connectivity index (χ1) is 7.22. The molecule has 6 heteroatoms. The molecule has 2 atom stereocenters. The normalized spacial score (nSPS) is 22.8. The molecular weight excluding hydrogens is 198 g/mol. The Kier molecular flexibility index (Phi) is 5.56. The average molecular weight is 217 g/mol. The minimum Gasteiger partial charge on any atom is -0.387 e. The van der Waals surface area contributed by atoms with Crippen LogP contribution in [-0.4, -0.2) is 44.8 Å². The van der Waals surface area contributed by atoms with Crippen LogP contribution in [0.1, 0.15) is 12.8 Å². The van der Waals surface area contributed by atoms with Crippen molar-refractivity contribution >= 4 is 5.84 Å². The molecule has 0 radical (unpaired) electrons. The van der Waals surface area contributed by atoms with E-state index in [-0.39, 0.29) is 12.1 Å². The summed E-state index contributed by atoms with van der Waals surface area (Å²) in [5.41, 5.74) is 11.2. The third-order valence-corrected chi connectivity index (χ3v) is 2.12. The molecule has 1 heterocycles. The maximum atomic E-state index is 5.68. The Bertz CT molecular complexity index is 211. The molecular formula is C9H19N3O3. The fraction of sp³-hybridized carbons (Fsp3) is 0.889. The van der Waals surface area contributed by atoms with Gasteiger partial charge in [0, 0.05) is 6.42 Å². The number of hydrogen-bond acceptors (Lipinski definition) is 6. The molecule has 0 aromatic carbocycles. The van der Waals surface area contributed by atoms with Gasteiger partial charge >= 0.3 is 0 Å². The van der Waals surface area contributed by atoms with Crippen LogP contribution in [0.4, 0.5) is 0 Å². The van der Waals surface area contributed by atoms with Gasteiger partial charge in [-0.1, -0.05) is 0 Å². The fourth-order valence-electron chi connectivity index (χ4n) is 1.36. The van der Waals surface area contributed by atoms with E-state index in [1.165, 1.54) is 7.11 Å². The van der Waals surface area contributed by atoms with Crippen LogP contribution in [0.5, 0.6) is 0 Å². The van der Waals surface area contributed by atoms with E-state index in [4.69, 9.17) is 16.2 Å². The van der Waals surface area contributed by atoms with Crippen LogP contribution in [0, 0.1) is 0 Å². The van der Waals surface area contributed by atoms with Crippen LogP contribution in [-0.2, 0) is 14.5 Å². The minimum atomic E-state index is -0.173. The summed E-state index contributed by atoms with van der Waals surface area (Å²) >= 11 is 0. The van der Waals surface area contributed by atoms with Crippen molar-refractivity contribution in [2.24, 2.45) is 16.5 Å². The summed E-state index contributed by atoms with van der Waals surface area (Å²) in [4.78, 5) is 13.3. The third-order valence-electron chi connectivity index (χ3n) is 2.12. The van der Waals surface area contributed by atoms with Crippen LogP contribution in [0.2, 0.25) is 0 Å². The van der Waals surface area contributed by atoms with Gasteiger partial charge in [-0.15, -0.1) is 0 Å². The van der Waals surface area contributed by atoms with Crippen molar-refractivity contribution in [3.63, 3.8) is 0 Å². The summed E-state index contributed by atoms with van der Waals surface area (Å²) in [5, 5.41) is 0. The molecule has 0 aliphatic carbocycles. The molecule has 0 saturated heterocycles. The van der Waals surface area contributed by atoms with Gasteiger partial charge in [-0.05, 0) is 6.42 Å². The molecule has 1 rings (SSSR count). The van der Waals surface area contributed by atoms with Gasteiger partial charge in [0.25, 0.3) is 0 Å². The standard InChI is InChI=1S/C9H19N3O3/c1-13-15-5-7(10)4-14-6-8-2-3-9(11)12-8/h7-8H,2-6,10H2,1H3,(H2,11,12)/t7?,8-/m0/s1. The van der Waals surface area contributed by atoms with E-state index >= 15 is 0 Å². The number of aliphatic imine (C=N–C) groups is 1. The highest BCUT2D eigenvalue weighted by Crippen LogP contribution is 2.10. The van der Waals surface area contributed by atoms with Gasteiger partial charge in [0.15, 0.2) is 0 Å². The van der Waals surface area contributed by atoms with Gasteiger partial charge in [-0.25, -0.2) is 9.78 Å². The van der Waals surface area contributed by atoms with Gasteiger partial charge in [0.05, 0.1) is 44.8 Å². The summed E-state index contributed by atoms with van der Waals surface area (Å²) in [7, 11) is 1.45. The zero-order valence-electron chi connectivity index (χ0n) is 9.02. The molecule has 6 nitrogen and oxygen atoms in total. The Morgan fingerprint density at radius 2 is 2.33 bits per heavy atom. The summed E-state index contributed by atoms with van der Waals surface area (Å²) in [6.07, 6.45) is 1.84. The fourth-order valence-corrected chi connectivity index (χ4v) is 1.36. The minimum absolute atomic E-state index is 0.173. The molecule has 0 fully saturated rings. The van der Waals surface area contributed by atoms with E-state index in [1.54, 1.807) is 0 Å². The highest BCUT2D eigenvalue weighted by atomic mass is 17.2. The van der Waals surface area contributed by atoms with E-state index in [0.29, 0.717) is 19.8 Å². The summed E-state index contributed by atoms with van der Waals surface area (Å²) in [6.45, 7) is 1.34. The van der Waals surface area contributed by atoms with Gasteiger partial charge in [-0.3, -0.25) is 4.99 Å². The van der Waals surface area contributed by atoms with Gasteiger partial charge < -0.3 is 16.2 Å². The first-order valence-corrected chi connectivity index (χ1v) is 5.03. The van der Waals surface area contributed by atoms with Crippen LogP contribution >= 0.6 is 0 Å². The van der Waals surface area contributed by atoms with Crippen LogP contribution < -0.4 is 11.5 Å². The summed E-state index contributed by atoms with van der Waals surface area (Å²) in [5.74, 6) is 0.718. The lowest BCUT2D eigenvalue weighted by molar-refractivity contribution is -0.276. The topological polar surface area (TPSA) is 92.1 Å². The number of amidine groups is 1. The van der Waals surface area contributed by atoms with Crippen LogP contribution in [0.15, 0.2) is 4.99 Å². The zero-order valence-corrected chi connectivity index (χ0v) is 9.02. The Morgan fingerprint density at radius 1 is 1.53 bits per heavy atom. The number of rotatable bonds is 7. The van der Waals surface area contributed by atoms with E-state index in [0.717, 1.165) is 18.7 Å². The highest BCUT2D eigenvalue weighted by Gasteiger charge is 2.15. The molecule has 0 saturated carbocycles. The van der Waals surface area contributed by atoms with Crippen molar-refractivity contribution in [2.75, 3.05) is 26.9 Å². The summed E-state index contributed by atoms with van der Waals surface area (Å²) in [6, 6.07) is 0.0215. The quantitative estimate of drug-likeness (QED) is 0.440. The number of nitrogens with zero attached hydrogens (tertiary/aromatic N) is 1. The molecule has 0 amide bonds. The van der Waals surface area contributed by atoms with Crippen molar-refractivity contribution in [1.29, 1.82) is 0 Å². The van der Waals surface area contributed by atoms with Crippen molar-refractivity contribution in [3.05, 3.63) is 0 Å². The van der Waals surface area contributed by atoms with Gasteiger partial charge in [-0.2, -0.15) is 0 Å². The van der Waals surface area contributed by atoms with Crippen molar-refractivity contribution < 1.29 is 14.5 Å². The highest BCUT2D eigenvalue weighted by molar-refractivity contribution is 5.82. The number of nitrogens with two attached hydrogens (primary N) is 2. The molecule has 1 unspecified atom stereocenters. The molecule has 0 aromatic rings. The molecule has 0 bridgehead atoms. The van der Waals surface area contributed by atoms with Gasteiger partial charge in [0.1, 0.15) is 0 Å². The number of ether oxygens (including phenoxy) is 1. The molecule has 1 aliphatic rings. The maximum absolute atomic E-state index is 5.68. The van der Waals surface area contributed by atoms with E-state index in [9.17, 15) is 0 Å². The second-order valence-corrected chi connectivity index (χ2v) is 3.56. The Balaban J connectivity index is 2.01. The molecule has 88 valence electrons. The lowest BCUT2D eigenvalue weighted by Crippen LogP contribution is -2.32. The lowest BCUT2D eigenvalue weighted by atomic mass is 10.2. The predicted octanol–water partition coefficient (Wildman–Crippen LogP) is -0.572. The summed E-state index contributed by atoms with van der Waals surface area (Å²) < 4.78 is 5.40. The second kappa shape index (κ2) is 6.73.